The van der Waals surface area contributed by atoms with Crippen LogP contribution in [-0.2, 0) is 30.4 Å². The highest BCUT2D eigenvalue weighted by Gasteiger charge is 2.28. The average Bonchev–Trinajstić information content (AvgIpc) is 2.90. The molecule has 35 heavy (non-hydrogen) atoms. The summed E-state index contributed by atoms with van der Waals surface area (Å²) in [6.07, 6.45) is -0.0960. The van der Waals surface area contributed by atoms with Crippen molar-refractivity contribution in [3.63, 3.8) is 0 Å². The zero-order chi connectivity index (χ0) is 25.0. The molecule has 1 aliphatic rings. The van der Waals surface area contributed by atoms with Crippen LogP contribution in [0.3, 0.4) is 0 Å². The number of nitrogens with one attached hydrogen (secondary N) is 2. The molecule has 1 aliphatic heterocycles. The molecule has 2 amide bonds. The molecule has 2 atom stereocenters. The highest BCUT2D eigenvalue weighted by Crippen LogP contribution is 2.19. The lowest BCUT2D eigenvalue weighted by Crippen LogP contribution is -2.46. The molecular formula is C26H33N3O6. The number of esters is 1. The van der Waals surface area contributed by atoms with E-state index in [1.165, 1.54) is 0 Å². The molecule has 0 saturated carbocycles. The smallest absolute Gasteiger partial charge is 0.408 e. The molecule has 1 saturated heterocycles. The van der Waals surface area contributed by atoms with Gasteiger partial charge < -0.3 is 29.7 Å². The monoisotopic (exact) mass is 483 g/mol. The molecule has 0 unspecified atom stereocenters. The van der Waals surface area contributed by atoms with E-state index in [1.807, 2.05) is 56.3 Å². The summed E-state index contributed by atoms with van der Waals surface area (Å²) in [6, 6.07) is 15.8. The number of benzene rings is 2. The number of hydrogen-bond acceptors (Lipinski definition) is 7. The van der Waals surface area contributed by atoms with E-state index in [2.05, 4.69) is 15.5 Å². The van der Waals surface area contributed by atoms with Crippen LogP contribution >= 0.6 is 0 Å². The van der Waals surface area contributed by atoms with Crippen LogP contribution in [0.1, 0.15) is 25.8 Å². The summed E-state index contributed by atoms with van der Waals surface area (Å²) in [5.74, 6) is -1.36. The van der Waals surface area contributed by atoms with E-state index >= 15 is 0 Å². The van der Waals surface area contributed by atoms with Gasteiger partial charge in [0.05, 0.1) is 13.2 Å². The maximum Gasteiger partial charge on any atom is 0.408 e. The third-order valence-corrected chi connectivity index (χ3v) is 5.83. The predicted octanol–water partition coefficient (Wildman–Crippen LogP) is 3.35. The summed E-state index contributed by atoms with van der Waals surface area (Å²) in [5, 5.41) is 5.28. The third kappa shape index (κ3) is 8.29. The quantitative estimate of drug-likeness (QED) is 0.499. The molecule has 0 aromatic heterocycles. The van der Waals surface area contributed by atoms with E-state index in [-0.39, 0.29) is 12.5 Å². The van der Waals surface area contributed by atoms with Crippen molar-refractivity contribution >= 4 is 29.3 Å². The van der Waals surface area contributed by atoms with Crippen LogP contribution in [0, 0.1) is 5.92 Å². The van der Waals surface area contributed by atoms with Crippen LogP contribution in [0.5, 0.6) is 0 Å². The Morgan fingerprint density at radius 1 is 1.00 bits per heavy atom. The van der Waals surface area contributed by atoms with Crippen LogP contribution in [-0.4, -0.2) is 56.9 Å². The van der Waals surface area contributed by atoms with Crippen LogP contribution in [0.2, 0.25) is 0 Å². The van der Waals surface area contributed by atoms with E-state index in [1.54, 1.807) is 12.1 Å². The minimum absolute atomic E-state index is 0.0850. The van der Waals surface area contributed by atoms with Gasteiger partial charge in [-0.25, -0.2) is 9.59 Å². The van der Waals surface area contributed by atoms with Crippen molar-refractivity contribution in [2.75, 3.05) is 43.1 Å². The second-order valence-corrected chi connectivity index (χ2v) is 8.37. The van der Waals surface area contributed by atoms with Gasteiger partial charge in [-0.2, -0.15) is 0 Å². The summed E-state index contributed by atoms with van der Waals surface area (Å²) < 4.78 is 15.8. The Labute approximate surface area is 205 Å². The second kappa shape index (κ2) is 13.3. The molecule has 1 fully saturated rings. The first-order chi connectivity index (χ1) is 17.0. The van der Waals surface area contributed by atoms with Gasteiger partial charge in [-0.3, -0.25) is 4.79 Å². The maximum atomic E-state index is 12.6. The molecule has 188 valence electrons. The van der Waals surface area contributed by atoms with Crippen molar-refractivity contribution in [2.45, 2.75) is 32.9 Å². The van der Waals surface area contributed by atoms with Gasteiger partial charge in [-0.15, -0.1) is 0 Å². The lowest BCUT2D eigenvalue weighted by molar-refractivity contribution is -0.150. The number of alkyl carbamates (subject to hydrolysis) is 1. The van der Waals surface area contributed by atoms with Crippen LogP contribution in [0.4, 0.5) is 16.2 Å². The van der Waals surface area contributed by atoms with Crippen LogP contribution in [0.15, 0.2) is 54.6 Å². The van der Waals surface area contributed by atoms with Gasteiger partial charge >= 0.3 is 12.1 Å². The Bertz CT molecular complexity index is 961. The molecule has 0 spiro atoms. The summed E-state index contributed by atoms with van der Waals surface area (Å²) in [6.45, 7) is 6.38. The van der Waals surface area contributed by atoms with Gasteiger partial charge in [-0.1, -0.05) is 50.6 Å². The van der Waals surface area contributed by atoms with Gasteiger partial charge in [-0.05, 0) is 35.7 Å². The predicted molar refractivity (Wildman–Crippen MR) is 132 cm³/mol. The maximum absolute atomic E-state index is 12.6. The largest absolute Gasteiger partial charge is 0.454 e. The number of rotatable bonds is 10. The molecule has 0 aliphatic carbocycles. The van der Waals surface area contributed by atoms with Crippen molar-refractivity contribution in [3.8, 4) is 0 Å². The van der Waals surface area contributed by atoms with Crippen molar-refractivity contribution in [3.05, 3.63) is 60.2 Å². The first kappa shape index (κ1) is 26.0. The Kier molecular flexibility index (Phi) is 9.92. The topological polar surface area (TPSA) is 106 Å². The second-order valence-electron chi connectivity index (χ2n) is 8.37. The number of anilines is 2. The van der Waals surface area contributed by atoms with Crippen molar-refractivity contribution in [1.82, 2.24) is 5.32 Å². The number of ether oxygens (including phenoxy) is 3. The fraction of sp³-hybridized carbons (Fsp3) is 0.423. The molecule has 0 radical (unpaired) electrons. The van der Waals surface area contributed by atoms with E-state index in [9.17, 15) is 14.4 Å². The van der Waals surface area contributed by atoms with Crippen LogP contribution < -0.4 is 15.5 Å². The first-order valence-electron chi connectivity index (χ1n) is 11.8. The summed E-state index contributed by atoms with van der Waals surface area (Å²) >= 11 is 0. The minimum atomic E-state index is -0.927. The molecule has 9 nitrogen and oxygen atoms in total. The average molecular weight is 484 g/mol. The number of carbonyl (C=O) groups excluding carboxylic acids is 3. The van der Waals surface area contributed by atoms with Crippen molar-refractivity contribution in [1.29, 1.82) is 0 Å². The molecule has 3 rings (SSSR count). The SMILES string of the molecule is CC[C@@H](C)[C@H](NC(=O)OCc1ccccc1)C(=O)OCC(=O)Nc1ccc(N2CCOCC2)cc1. The van der Waals surface area contributed by atoms with Gasteiger partial charge in [0.2, 0.25) is 0 Å². The summed E-state index contributed by atoms with van der Waals surface area (Å²) in [4.78, 5) is 39.4. The first-order valence-corrected chi connectivity index (χ1v) is 11.8. The molecule has 0 bridgehead atoms. The van der Waals surface area contributed by atoms with E-state index in [0.717, 1.165) is 24.3 Å². The van der Waals surface area contributed by atoms with E-state index in [0.29, 0.717) is 25.3 Å². The zero-order valence-electron chi connectivity index (χ0n) is 20.2. The minimum Gasteiger partial charge on any atom is -0.454 e. The highest BCUT2D eigenvalue weighted by molar-refractivity contribution is 5.93. The molecule has 2 aromatic carbocycles. The normalized spacial score (nSPS) is 15.0. The zero-order valence-corrected chi connectivity index (χ0v) is 20.2. The highest BCUT2D eigenvalue weighted by atomic mass is 16.6. The number of carbonyl (C=O) groups is 3. The number of amides is 2. The van der Waals surface area contributed by atoms with Crippen LogP contribution in [0.25, 0.3) is 0 Å². The molecule has 1 heterocycles. The van der Waals surface area contributed by atoms with Crippen molar-refractivity contribution < 1.29 is 28.6 Å². The Morgan fingerprint density at radius 3 is 2.34 bits per heavy atom. The lowest BCUT2D eigenvalue weighted by Gasteiger charge is -2.28. The fourth-order valence-corrected chi connectivity index (χ4v) is 3.56. The molecule has 2 aromatic rings. The lowest BCUT2D eigenvalue weighted by atomic mass is 9.99. The Hall–Kier alpha value is -3.59. The Balaban J connectivity index is 1.46. The number of hydrogen-bond donors (Lipinski definition) is 2. The number of morpholine rings is 1. The van der Waals surface area contributed by atoms with E-state index < -0.39 is 30.6 Å². The van der Waals surface area contributed by atoms with E-state index in [4.69, 9.17) is 14.2 Å². The third-order valence-electron chi connectivity index (χ3n) is 5.83. The van der Waals surface area contributed by atoms with Gasteiger partial charge in [0, 0.05) is 24.5 Å². The summed E-state index contributed by atoms with van der Waals surface area (Å²) in [5.41, 5.74) is 2.49. The molecule has 9 heteroatoms. The van der Waals surface area contributed by atoms with Gasteiger partial charge in [0.25, 0.3) is 5.91 Å². The standard InChI is InChI=1S/C26H33N3O6/c1-3-19(2)24(28-26(32)35-17-20-7-5-4-6-8-20)25(31)34-18-23(30)27-21-9-11-22(12-10-21)29-13-15-33-16-14-29/h4-12,19,24H,3,13-18H2,1-2H3,(H,27,30)(H,28,32)/t19-,24+/m1/s1. The van der Waals surface area contributed by atoms with Gasteiger partial charge in [0.15, 0.2) is 6.61 Å². The van der Waals surface area contributed by atoms with Gasteiger partial charge in [0.1, 0.15) is 12.6 Å². The fourth-order valence-electron chi connectivity index (χ4n) is 3.56. The van der Waals surface area contributed by atoms with Crippen molar-refractivity contribution in [2.24, 2.45) is 5.92 Å². The molecular weight excluding hydrogens is 450 g/mol. The Morgan fingerprint density at radius 2 is 1.69 bits per heavy atom. The number of nitrogens with zero attached hydrogens (tertiary/aromatic N) is 1. The summed E-state index contributed by atoms with van der Waals surface area (Å²) in [7, 11) is 0. The molecule has 2 N–H and O–H groups in total.